The number of para-hydroxylation sites is 1. The summed E-state index contributed by atoms with van der Waals surface area (Å²) in [4.78, 5) is 27.4. The fraction of sp³-hybridized carbons (Fsp3) is 0.333. The van der Waals surface area contributed by atoms with Gasteiger partial charge in [0.2, 0.25) is 5.91 Å². The Morgan fingerprint density at radius 1 is 1.16 bits per heavy atom. The molecule has 170 valence electrons. The Hall–Kier alpha value is -3.42. The molecule has 0 aromatic heterocycles. The average Bonchev–Trinajstić information content (AvgIpc) is 2.76. The molecule has 0 spiro atoms. The predicted octanol–water partition coefficient (Wildman–Crippen LogP) is 4.34. The van der Waals surface area contributed by atoms with E-state index in [-0.39, 0.29) is 36.6 Å². The third kappa shape index (κ3) is 4.44. The van der Waals surface area contributed by atoms with Crippen LogP contribution in [0.3, 0.4) is 0 Å². The number of rotatable bonds is 7. The summed E-state index contributed by atoms with van der Waals surface area (Å²) >= 11 is 0. The van der Waals surface area contributed by atoms with Crippen LogP contribution in [0.5, 0.6) is 11.5 Å². The van der Waals surface area contributed by atoms with Gasteiger partial charge in [0.1, 0.15) is 11.6 Å². The van der Waals surface area contributed by atoms with E-state index < -0.39 is 23.5 Å². The van der Waals surface area contributed by atoms with Crippen LogP contribution in [0.1, 0.15) is 37.3 Å². The van der Waals surface area contributed by atoms with Crippen molar-refractivity contribution >= 4 is 11.9 Å². The molecule has 1 atom stereocenters. The van der Waals surface area contributed by atoms with E-state index in [1.807, 2.05) is 0 Å². The highest BCUT2D eigenvalue weighted by atomic mass is 19.1. The molecule has 0 radical (unpaired) electrons. The molecule has 1 aliphatic heterocycles. The number of carbonyl (C=O) groups is 2. The summed E-state index contributed by atoms with van der Waals surface area (Å²) in [5.41, 5.74) is 1.37. The van der Waals surface area contributed by atoms with Gasteiger partial charge in [-0.25, -0.2) is 13.6 Å². The molecule has 0 saturated carbocycles. The largest absolute Gasteiger partial charge is 0.493 e. The van der Waals surface area contributed by atoms with Crippen molar-refractivity contribution in [3.63, 3.8) is 0 Å². The van der Waals surface area contributed by atoms with Crippen LogP contribution < -0.4 is 9.47 Å². The first-order chi connectivity index (χ1) is 15.3. The van der Waals surface area contributed by atoms with Gasteiger partial charge in [0.05, 0.1) is 32.9 Å². The van der Waals surface area contributed by atoms with Gasteiger partial charge in [-0.3, -0.25) is 4.79 Å². The number of benzene rings is 2. The summed E-state index contributed by atoms with van der Waals surface area (Å²) in [5, 5.41) is 0. The van der Waals surface area contributed by atoms with E-state index in [1.54, 1.807) is 32.0 Å². The highest BCUT2D eigenvalue weighted by Crippen LogP contribution is 2.44. The molecule has 1 unspecified atom stereocenters. The second-order valence-electron chi connectivity index (χ2n) is 7.27. The number of hydrogen-bond donors (Lipinski definition) is 0. The summed E-state index contributed by atoms with van der Waals surface area (Å²) < 4.78 is 43.7. The lowest BCUT2D eigenvalue weighted by atomic mass is 9.83. The second kappa shape index (κ2) is 9.80. The lowest BCUT2D eigenvalue weighted by Crippen LogP contribution is -2.38. The quantitative estimate of drug-likeness (QED) is 0.594. The van der Waals surface area contributed by atoms with Crippen LogP contribution >= 0.6 is 0 Å². The van der Waals surface area contributed by atoms with Crippen molar-refractivity contribution in [2.24, 2.45) is 0 Å². The third-order valence-electron chi connectivity index (χ3n) is 5.47. The van der Waals surface area contributed by atoms with Gasteiger partial charge in [-0.2, -0.15) is 0 Å². The molecule has 1 amide bonds. The molecule has 2 aromatic rings. The van der Waals surface area contributed by atoms with Crippen molar-refractivity contribution < 1.29 is 32.6 Å². The van der Waals surface area contributed by atoms with Gasteiger partial charge in [-0.05, 0) is 26.0 Å². The Balaban J connectivity index is 2.11. The van der Waals surface area contributed by atoms with Crippen molar-refractivity contribution in [3.8, 4) is 11.5 Å². The molecule has 32 heavy (non-hydrogen) atoms. The van der Waals surface area contributed by atoms with Gasteiger partial charge in [-0.1, -0.05) is 18.2 Å². The van der Waals surface area contributed by atoms with E-state index in [2.05, 4.69) is 0 Å². The number of amides is 1. The number of ether oxygens (including phenoxy) is 3. The normalized spacial score (nSPS) is 16.2. The van der Waals surface area contributed by atoms with Crippen LogP contribution in [0.25, 0.3) is 0 Å². The molecular formula is C24H25F2NO5. The standard InChI is InChI=1S/C24H25F2NO5/c1-5-32-24(29)22-14(2)27(13-15-9-10-16(25)11-19(15)26)21(28)12-18(22)17-7-6-8-20(30-3)23(17)31-4/h6-11,18H,5,12-13H2,1-4H3. The van der Waals surface area contributed by atoms with E-state index in [0.717, 1.165) is 12.1 Å². The van der Waals surface area contributed by atoms with Crippen molar-refractivity contribution in [1.82, 2.24) is 4.90 Å². The van der Waals surface area contributed by atoms with Gasteiger partial charge < -0.3 is 19.1 Å². The second-order valence-corrected chi connectivity index (χ2v) is 7.27. The lowest BCUT2D eigenvalue weighted by molar-refractivity contribution is -0.140. The maximum atomic E-state index is 14.2. The van der Waals surface area contributed by atoms with Crippen molar-refractivity contribution in [1.29, 1.82) is 0 Å². The Bertz CT molecular complexity index is 1070. The maximum Gasteiger partial charge on any atom is 0.336 e. The maximum absolute atomic E-state index is 14.2. The summed E-state index contributed by atoms with van der Waals surface area (Å²) in [6.45, 7) is 3.32. The number of hydrogen-bond acceptors (Lipinski definition) is 5. The van der Waals surface area contributed by atoms with Crippen LogP contribution in [0.15, 0.2) is 47.7 Å². The highest BCUT2D eigenvalue weighted by molar-refractivity contribution is 5.96. The van der Waals surface area contributed by atoms with Crippen LogP contribution in [0.4, 0.5) is 8.78 Å². The Morgan fingerprint density at radius 3 is 2.53 bits per heavy atom. The molecule has 0 bridgehead atoms. The number of esters is 1. The summed E-state index contributed by atoms with van der Waals surface area (Å²) in [5.74, 6) is -2.11. The molecule has 1 heterocycles. The van der Waals surface area contributed by atoms with Crippen molar-refractivity contribution in [2.45, 2.75) is 32.7 Å². The topological polar surface area (TPSA) is 65.1 Å². The fourth-order valence-corrected chi connectivity index (χ4v) is 3.95. The minimum absolute atomic E-state index is 0.0577. The zero-order chi connectivity index (χ0) is 23.4. The zero-order valence-electron chi connectivity index (χ0n) is 18.4. The Morgan fingerprint density at radius 2 is 1.91 bits per heavy atom. The van der Waals surface area contributed by atoms with Gasteiger partial charge in [-0.15, -0.1) is 0 Å². The number of allylic oxidation sites excluding steroid dienone is 1. The van der Waals surface area contributed by atoms with Gasteiger partial charge in [0, 0.05) is 35.2 Å². The first kappa shape index (κ1) is 23.2. The summed E-state index contributed by atoms with van der Waals surface area (Å²) in [6.07, 6.45) is -0.0577. The van der Waals surface area contributed by atoms with Crippen LogP contribution in [0, 0.1) is 11.6 Å². The monoisotopic (exact) mass is 445 g/mol. The van der Waals surface area contributed by atoms with Gasteiger partial charge in [0.25, 0.3) is 0 Å². The van der Waals surface area contributed by atoms with E-state index in [9.17, 15) is 18.4 Å². The number of carbonyl (C=O) groups excluding carboxylic acids is 2. The van der Waals surface area contributed by atoms with Crippen molar-refractivity contribution in [3.05, 3.63) is 70.4 Å². The smallest absolute Gasteiger partial charge is 0.336 e. The number of methoxy groups -OCH3 is 2. The number of halogens is 2. The van der Waals surface area contributed by atoms with Crippen LogP contribution in [-0.2, 0) is 20.9 Å². The molecular weight excluding hydrogens is 420 g/mol. The number of nitrogens with zero attached hydrogens (tertiary/aromatic N) is 1. The minimum atomic E-state index is -0.764. The SMILES string of the molecule is CCOC(=O)C1=C(C)N(Cc2ccc(F)cc2F)C(=O)CC1c1cccc(OC)c1OC. The first-order valence-corrected chi connectivity index (χ1v) is 10.1. The molecule has 6 nitrogen and oxygen atoms in total. The van der Waals surface area contributed by atoms with E-state index >= 15 is 0 Å². The van der Waals surface area contributed by atoms with E-state index in [1.165, 1.54) is 25.2 Å². The lowest BCUT2D eigenvalue weighted by Gasteiger charge is -2.35. The predicted molar refractivity (Wildman–Crippen MR) is 113 cm³/mol. The molecule has 0 N–H and O–H groups in total. The van der Waals surface area contributed by atoms with Gasteiger partial charge >= 0.3 is 5.97 Å². The molecule has 3 rings (SSSR count). The molecule has 1 aliphatic rings. The Labute approximate surface area is 185 Å². The van der Waals surface area contributed by atoms with Gasteiger partial charge in [0.15, 0.2) is 11.5 Å². The molecule has 2 aromatic carbocycles. The Kier molecular flexibility index (Phi) is 7.12. The average molecular weight is 445 g/mol. The van der Waals surface area contributed by atoms with Crippen molar-refractivity contribution in [2.75, 3.05) is 20.8 Å². The first-order valence-electron chi connectivity index (χ1n) is 10.1. The fourth-order valence-electron chi connectivity index (χ4n) is 3.95. The minimum Gasteiger partial charge on any atom is -0.493 e. The zero-order valence-corrected chi connectivity index (χ0v) is 18.4. The highest BCUT2D eigenvalue weighted by Gasteiger charge is 2.38. The molecule has 8 heteroatoms. The van der Waals surface area contributed by atoms with Crippen LogP contribution in [0.2, 0.25) is 0 Å². The van der Waals surface area contributed by atoms with E-state index in [0.29, 0.717) is 22.8 Å². The summed E-state index contributed by atoms with van der Waals surface area (Å²) in [6, 6.07) is 8.41. The van der Waals surface area contributed by atoms with E-state index in [4.69, 9.17) is 14.2 Å². The van der Waals surface area contributed by atoms with Crippen LogP contribution in [-0.4, -0.2) is 37.6 Å². The third-order valence-corrected chi connectivity index (χ3v) is 5.47. The molecule has 0 fully saturated rings. The molecule has 0 aliphatic carbocycles. The summed E-state index contributed by atoms with van der Waals surface area (Å²) in [7, 11) is 2.98. The molecule has 0 saturated heterocycles.